The van der Waals surface area contributed by atoms with Gasteiger partial charge in [0.2, 0.25) is 5.91 Å². The molecule has 1 N–H and O–H groups in total. The predicted molar refractivity (Wildman–Crippen MR) is 101 cm³/mol. The number of hydrogen-bond donors (Lipinski definition) is 1. The van der Waals surface area contributed by atoms with Crippen LogP contribution in [0.5, 0.6) is 0 Å². The fourth-order valence-corrected chi connectivity index (χ4v) is 2.81. The summed E-state index contributed by atoms with van der Waals surface area (Å²) in [7, 11) is 0. The fourth-order valence-electron chi connectivity index (χ4n) is 2.52. The second-order valence-corrected chi connectivity index (χ2v) is 6.95. The average molecular weight is 402 g/mol. The molecule has 2 heterocycles. The Labute approximate surface area is 155 Å². The molecule has 1 aromatic carbocycles. The van der Waals surface area contributed by atoms with Gasteiger partial charge in [0.25, 0.3) is 0 Å². The van der Waals surface area contributed by atoms with E-state index >= 15 is 0 Å². The van der Waals surface area contributed by atoms with Crippen LogP contribution in [-0.2, 0) is 11.3 Å². The molecule has 0 aliphatic carbocycles. The van der Waals surface area contributed by atoms with Gasteiger partial charge >= 0.3 is 0 Å². The first kappa shape index (κ1) is 17.4. The van der Waals surface area contributed by atoms with E-state index in [1.165, 1.54) is 11.1 Å². The summed E-state index contributed by atoms with van der Waals surface area (Å²) in [6.45, 7) is 6.42. The molecule has 7 heteroatoms. The molecule has 3 aromatic rings. The van der Waals surface area contributed by atoms with Crippen molar-refractivity contribution in [2.24, 2.45) is 0 Å². The minimum atomic E-state index is -0.424. The number of carbonyl (C=O) groups is 1. The van der Waals surface area contributed by atoms with Crippen LogP contribution in [0, 0.1) is 13.8 Å². The van der Waals surface area contributed by atoms with Crippen molar-refractivity contribution in [1.82, 2.24) is 19.6 Å². The number of nitrogens with zero attached hydrogens (tertiary/aromatic N) is 4. The maximum Gasteiger partial charge on any atom is 0.250 e. The van der Waals surface area contributed by atoms with Gasteiger partial charge in [-0.2, -0.15) is 10.2 Å². The second kappa shape index (κ2) is 7.23. The van der Waals surface area contributed by atoms with Crippen LogP contribution in [0.3, 0.4) is 0 Å². The molecule has 130 valence electrons. The quantitative estimate of drug-likeness (QED) is 0.708. The third-order valence-corrected chi connectivity index (χ3v) is 4.73. The Hall–Kier alpha value is -2.41. The van der Waals surface area contributed by atoms with E-state index in [0.717, 1.165) is 10.2 Å². The zero-order valence-corrected chi connectivity index (χ0v) is 16.0. The highest BCUT2D eigenvalue weighted by molar-refractivity contribution is 9.10. The lowest BCUT2D eigenvalue weighted by molar-refractivity contribution is -0.119. The number of carbonyl (C=O) groups excluding carboxylic acids is 1. The minimum absolute atomic E-state index is 0.157. The first-order valence-corrected chi connectivity index (χ1v) is 8.83. The van der Waals surface area contributed by atoms with Gasteiger partial charge in [-0.25, -0.2) is 0 Å². The Morgan fingerprint density at radius 1 is 1.28 bits per heavy atom. The van der Waals surface area contributed by atoms with E-state index in [1.807, 2.05) is 23.9 Å². The van der Waals surface area contributed by atoms with Crippen molar-refractivity contribution in [1.29, 1.82) is 0 Å². The maximum atomic E-state index is 12.4. The minimum Gasteiger partial charge on any atom is -0.307 e. The van der Waals surface area contributed by atoms with Gasteiger partial charge in [-0.3, -0.25) is 14.2 Å². The smallest absolute Gasteiger partial charge is 0.250 e. The summed E-state index contributed by atoms with van der Waals surface area (Å²) < 4.78 is 4.33. The number of nitrogens with one attached hydrogen (secondary N) is 1. The van der Waals surface area contributed by atoms with Gasteiger partial charge in [0.05, 0.1) is 16.7 Å². The molecule has 0 saturated carbocycles. The molecule has 1 unspecified atom stereocenters. The number of hydrogen-bond acceptors (Lipinski definition) is 3. The SMILES string of the molecule is Cc1cccc(Cn2ccc(NC(=O)C(C)n3cc(Br)c(C)n3)n2)c1. The van der Waals surface area contributed by atoms with E-state index in [2.05, 4.69) is 56.6 Å². The monoisotopic (exact) mass is 401 g/mol. The van der Waals surface area contributed by atoms with Crippen LogP contribution in [0.15, 0.2) is 47.2 Å². The van der Waals surface area contributed by atoms with Gasteiger partial charge in [-0.15, -0.1) is 0 Å². The number of benzene rings is 1. The molecule has 1 amide bonds. The van der Waals surface area contributed by atoms with Crippen molar-refractivity contribution < 1.29 is 4.79 Å². The molecule has 0 spiro atoms. The largest absolute Gasteiger partial charge is 0.307 e. The van der Waals surface area contributed by atoms with Gasteiger partial charge in [-0.05, 0) is 42.3 Å². The predicted octanol–water partition coefficient (Wildman–Crippen LogP) is 3.71. The van der Waals surface area contributed by atoms with E-state index in [9.17, 15) is 4.79 Å². The van der Waals surface area contributed by atoms with Crippen LogP contribution in [0.4, 0.5) is 5.82 Å². The summed E-state index contributed by atoms with van der Waals surface area (Å²) in [5, 5.41) is 11.6. The molecule has 6 nitrogen and oxygen atoms in total. The first-order chi connectivity index (χ1) is 11.9. The molecule has 2 aromatic heterocycles. The molecule has 25 heavy (non-hydrogen) atoms. The van der Waals surface area contributed by atoms with E-state index < -0.39 is 6.04 Å². The number of aromatic nitrogens is 4. The summed E-state index contributed by atoms with van der Waals surface area (Å²) in [5.74, 6) is 0.378. The van der Waals surface area contributed by atoms with E-state index in [1.54, 1.807) is 23.9 Å². The number of anilines is 1. The lowest BCUT2D eigenvalue weighted by atomic mass is 10.1. The Morgan fingerprint density at radius 2 is 2.08 bits per heavy atom. The molecular formula is C18H20BrN5O. The topological polar surface area (TPSA) is 64.7 Å². The van der Waals surface area contributed by atoms with E-state index in [4.69, 9.17) is 0 Å². The summed E-state index contributed by atoms with van der Waals surface area (Å²) in [4.78, 5) is 12.4. The van der Waals surface area contributed by atoms with Crippen molar-refractivity contribution in [3.05, 3.63) is 64.0 Å². The highest BCUT2D eigenvalue weighted by Crippen LogP contribution is 2.17. The standard InChI is InChI=1S/C18H20BrN5O/c1-12-5-4-6-15(9-12)10-23-8-7-17(22-23)20-18(25)14(3)24-11-16(19)13(2)21-24/h4-9,11,14H,10H2,1-3H3,(H,20,22,25). The summed E-state index contributed by atoms with van der Waals surface area (Å²) in [6.07, 6.45) is 3.66. The van der Waals surface area contributed by atoms with Gasteiger partial charge < -0.3 is 5.32 Å². The second-order valence-electron chi connectivity index (χ2n) is 6.10. The van der Waals surface area contributed by atoms with Crippen molar-refractivity contribution in [2.45, 2.75) is 33.4 Å². The van der Waals surface area contributed by atoms with Crippen LogP contribution in [0.2, 0.25) is 0 Å². The zero-order chi connectivity index (χ0) is 18.0. The number of halogens is 1. The van der Waals surface area contributed by atoms with E-state index in [-0.39, 0.29) is 5.91 Å². The van der Waals surface area contributed by atoms with Crippen LogP contribution in [-0.4, -0.2) is 25.5 Å². The maximum absolute atomic E-state index is 12.4. The summed E-state index contributed by atoms with van der Waals surface area (Å²) >= 11 is 3.41. The average Bonchev–Trinajstić information content (AvgIpc) is 3.13. The number of rotatable bonds is 5. The first-order valence-electron chi connectivity index (χ1n) is 8.03. The molecule has 1 atom stereocenters. The number of amides is 1. The summed E-state index contributed by atoms with van der Waals surface area (Å²) in [6, 6.07) is 9.65. The van der Waals surface area contributed by atoms with Gasteiger partial charge in [0, 0.05) is 18.5 Å². The van der Waals surface area contributed by atoms with Crippen LogP contribution in [0.25, 0.3) is 0 Å². The van der Waals surface area contributed by atoms with E-state index in [0.29, 0.717) is 12.4 Å². The highest BCUT2D eigenvalue weighted by Gasteiger charge is 2.18. The van der Waals surface area contributed by atoms with Gasteiger partial charge in [0.15, 0.2) is 5.82 Å². The van der Waals surface area contributed by atoms with Gasteiger partial charge in [-0.1, -0.05) is 29.8 Å². The van der Waals surface area contributed by atoms with Gasteiger partial charge in [0.1, 0.15) is 6.04 Å². The lowest BCUT2D eigenvalue weighted by Gasteiger charge is -2.11. The molecule has 0 aliphatic rings. The molecular weight excluding hydrogens is 382 g/mol. The normalized spacial score (nSPS) is 12.2. The van der Waals surface area contributed by atoms with Crippen LogP contribution < -0.4 is 5.32 Å². The Bertz CT molecular complexity index is 879. The Balaban J connectivity index is 1.65. The Morgan fingerprint density at radius 3 is 2.76 bits per heavy atom. The molecule has 0 fully saturated rings. The van der Waals surface area contributed by atoms with Crippen LogP contribution in [0.1, 0.15) is 29.8 Å². The third kappa shape index (κ3) is 4.17. The van der Waals surface area contributed by atoms with Crippen molar-refractivity contribution >= 4 is 27.7 Å². The Kier molecular flexibility index (Phi) is 5.03. The van der Waals surface area contributed by atoms with Crippen LogP contribution >= 0.6 is 15.9 Å². The fraction of sp³-hybridized carbons (Fsp3) is 0.278. The van der Waals surface area contributed by atoms with Crippen molar-refractivity contribution in [2.75, 3.05) is 5.32 Å². The molecule has 0 saturated heterocycles. The number of aryl methyl sites for hydroxylation is 2. The molecule has 0 aliphatic heterocycles. The van der Waals surface area contributed by atoms with Crippen molar-refractivity contribution in [3.8, 4) is 0 Å². The molecule has 0 bridgehead atoms. The lowest BCUT2D eigenvalue weighted by Crippen LogP contribution is -2.24. The third-order valence-electron chi connectivity index (χ3n) is 3.95. The summed E-state index contributed by atoms with van der Waals surface area (Å²) in [5.41, 5.74) is 3.24. The molecule has 3 rings (SSSR count). The zero-order valence-electron chi connectivity index (χ0n) is 14.4. The van der Waals surface area contributed by atoms with Crippen molar-refractivity contribution in [3.63, 3.8) is 0 Å². The highest BCUT2D eigenvalue weighted by atomic mass is 79.9. The molecule has 0 radical (unpaired) electrons.